The Balaban J connectivity index is 0.00000205. The van der Waals surface area contributed by atoms with Gasteiger partial charge in [-0.3, -0.25) is 4.79 Å². The minimum atomic E-state index is -0.980. The van der Waals surface area contributed by atoms with Crippen molar-refractivity contribution in [3.63, 3.8) is 0 Å². The number of carbonyl (C=O) groups excluding carboxylic acids is 2. The molecule has 0 spiro atoms. The number of hydrogen-bond donors (Lipinski definition) is 1. The maximum absolute atomic E-state index is 13.8. The Kier molecular flexibility index (Phi) is 9.56. The van der Waals surface area contributed by atoms with E-state index in [9.17, 15) is 22.8 Å². The van der Waals surface area contributed by atoms with Crippen LogP contribution in [0.15, 0.2) is 84.7 Å². The molecule has 208 valence electrons. The first-order valence-electron chi connectivity index (χ1n) is 13.2. The quantitative estimate of drug-likeness (QED) is 0.243. The zero-order valence-corrected chi connectivity index (χ0v) is 23.0. The molecular formula is C31H37F3N3O2+. The third-order valence-corrected chi connectivity index (χ3v) is 7.45. The van der Waals surface area contributed by atoms with Gasteiger partial charge in [-0.2, -0.15) is 0 Å². The first-order chi connectivity index (χ1) is 18.5. The lowest BCUT2D eigenvalue weighted by Crippen LogP contribution is -2.49. The number of Topliss-reactive ketones (excluding diaryl/α,β-unsaturated/α-hetero) is 1. The van der Waals surface area contributed by atoms with Crippen molar-refractivity contribution in [1.82, 2.24) is 10.2 Å². The normalized spacial score (nSPS) is 25.2. The van der Waals surface area contributed by atoms with Gasteiger partial charge in [0.25, 0.3) is 0 Å². The highest BCUT2D eigenvalue weighted by atomic mass is 19.1. The predicted molar refractivity (Wildman–Crippen MR) is 148 cm³/mol. The molecule has 2 aromatic rings. The fourth-order valence-corrected chi connectivity index (χ4v) is 5.33. The molecule has 2 aliphatic heterocycles. The van der Waals surface area contributed by atoms with Crippen LogP contribution in [0.4, 0.5) is 18.0 Å². The summed E-state index contributed by atoms with van der Waals surface area (Å²) in [6, 6.07) is 11.2. The lowest BCUT2D eigenvalue weighted by atomic mass is 9.83. The van der Waals surface area contributed by atoms with Gasteiger partial charge >= 0.3 is 6.03 Å². The van der Waals surface area contributed by atoms with Crippen molar-refractivity contribution in [2.24, 2.45) is 0 Å². The van der Waals surface area contributed by atoms with Gasteiger partial charge < -0.3 is 14.7 Å². The van der Waals surface area contributed by atoms with E-state index in [2.05, 4.69) is 11.9 Å². The van der Waals surface area contributed by atoms with Crippen LogP contribution in [0, 0.1) is 11.6 Å². The van der Waals surface area contributed by atoms with E-state index < -0.39 is 23.0 Å². The number of urea groups is 1. The zero-order valence-electron chi connectivity index (χ0n) is 23.0. The molecule has 0 aliphatic carbocycles. The molecule has 0 radical (unpaired) electrons. The van der Waals surface area contributed by atoms with Gasteiger partial charge in [0.1, 0.15) is 29.5 Å². The van der Waals surface area contributed by atoms with Crippen LogP contribution in [0.3, 0.4) is 0 Å². The number of quaternary nitrogens is 1. The van der Waals surface area contributed by atoms with Crippen LogP contribution >= 0.6 is 0 Å². The molecule has 2 fully saturated rings. The Labute approximate surface area is 228 Å². The van der Waals surface area contributed by atoms with E-state index >= 15 is 0 Å². The van der Waals surface area contributed by atoms with Gasteiger partial charge in [0.2, 0.25) is 5.78 Å². The summed E-state index contributed by atoms with van der Waals surface area (Å²) in [5.74, 6) is -1.51. The number of rotatable bonds is 8. The summed E-state index contributed by atoms with van der Waals surface area (Å²) in [4.78, 5) is 27.9. The maximum Gasteiger partial charge on any atom is 0.318 e. The highest BCUT2D eigenvalue weighted by Crippen LogP contribution is 2.37. The zero-order chi connectivity index (χ0) is 28.8. The van der Waals surface area contributed by atoms with Gasteiger partial charge in [0.15, 0.2) is 0 Å². The van der Waals surface area contributed by atoms with Crippen molar-refractivity contribution >= 4 is 11.8 Å². The van der Waals surface area contributed by atoms with Gasteiger partial charge in [-0.1, -0.05) is 50.8 Å². The molecule has 0 saturated carbocycles. The monoisotopic (exact) mass is 540 g/mol. The first kappa shape index (κ1) is 29.9. The van der Waals surface area contributed by atoms with E-state index in [1.165, 1.54) is 36.4 Å². The van der Waals surface area contributed by atoms with Gasteiger partial charge in [-0.15, -0.1) is 0 Å². The summed E-state index contributed by atoms with van der Waals surface area (Å²) in [6.45, 7) is 10.9. The number of allylic oxidation sites excluding steroid dienone is 4. The van der Waals surface area contributed by atoms with E-state index in [1.54, 1.807) is 36.1 Å². The Morgan fingerprint density at radius 2 is 1.85 bits per heavy atom. The van der Waals surface area contributed by atoms with Crippen molar-refractivity contribution in [2.75, 3.05) is 33.2 Å². The number of likely N-dealkylation sites (tertiary alicyclic amines) is 1. The summed E-state index contributed by atoms with van der Waals surface area (Å²) in [5.41, 5.74) is 0.718. The van der Waals surface area contributed by atoms with Crippen LogP contribution in [0.2, 0.25) is 0 Å². The van der Waals surface area contributed by atoms with E-state index in [0.717, 1.165) is 6.08 Å². The summed E-state index contributed by atoms with van der Waals surface area (Å²) < 4.78 is 41.5. The van der Waals surface area contributed by atoms with Crippen molar-refractivity contribution in [2.45, 2.75) is 38.8 Å². The fraction of sp³-hybridized carbons (Fsp3) is 0.355. The van der Waals surface area contributed by atoms with Crippen molar-refractivity contribution < 1.29 is 27.2 Å². The number of halogens is 3. The molecule has 4 rings (SSSR count). The van der Waals surface area contributed by atoms with E-state index in [1.807, 2.05) is 20.9 Å². The standard InChI is InChI=1S/C29H30F3N3O2.C2H6/c1-4-23(30)11-8-20(2)29(22-9-12-24(31)13-10-22)19-34(28(37)33-29)26-14-15-35(3,17-26)18-27(36)21-6-5-7-25(32)16-21;1-2/h4-13,16,26H,1,14-15,17-19H2,2-3H3;1-2H3/p+1/b20-8+,23-11+;. The number of likely N-dealkylation sites (N-methyl/N-ethyl adjacent to an activating group) is 1. The average molecular weight is 541 g/mol. The molecule has 2 aliphatic rings. The van der Waals surface area contributed by atoms with Crippen molar-refractivity contribution in [1.29, 1.82) is 0 Å². The summed E-state index contributed by atoms with van der Waals surface area (Å²) >= 11 is 0. The molecule has 8 heteroatoms. The third-order valence-electron chi connectivity index (χ3n) is 7.45. The largest absolute Gasteiger partial charge is 0.323 e. The van der Waals surface area contributed by atoms with Crippen molar-refractivity contribution in [3.05, 3.63) is 107 Å². The summed E-state index contributed by atoms with van der Waals surface area (Å²) in [5, 5.41) is 3.08. The predicted octanol–water partition coefficient (Wildman–Crippen LogP) is 6.30. The summed E-state index contributed by atoms with van der Waals surface area (Å²) in [6.07, 6.45) is 4.66. The summed E-state index contributed by atoms with van der Waals surface area (Å²) in [7, 11) is 1.96. The number of nitrogens with zero attached hydrogens (tertiary/aromatic N) is 2. The number of benzene rings is 2. The molecular weight excluding hydrogens is 503 g/mol. The Morgan fingerprint density at radius 3 is 2.49 bits per heavy atom. The molecule has 0 aromatic heterocycles. The molecule has 1 N–H and O–H groups in total. The van der Waals surface area contributed by atoms with Crippen LogP contribution in [-0.4, -0.2) is 60.5 Å². The van der Waals surface area contributed by atoms with E-state index in [4.69, 9.17) is 0 Å². The second kappa shape index (κ2) is 12.5. The number of hydrogen-bond acceptors (Lipinski definition) is 2. The van der Waals surface area contributed by atoms with E-state index in [-0.39, 0.29) is 30.9 Å². The molecule has 2 saturated heterocycles. The molecule has 39 heavy (non-hydrogen) atoms. The Bertz CT molecular complexity index is 1270. The molecule has 3 atom stereocenters. The molecule has 3 unspecified atom stereocenters. The van der Waals surface area contributed by atoms with E-state index in [0.29, 0.717) is 40.7 Å². The maximum atomic E-state index is 13.8. The topological polar surface area (TPSA) is 49.4 Å². The Hall–Kier alpha value is -3.65. The van der Waals surface area contributed by atoms with Crippen LogP contribution < -0.4 is 5.32 Å². The minimum Gasteiger partial charge on any atom is -0.323 e. The molecule has 2 amide bonds. The lowest BCUT2D eigenvalue weighted by molar-refractivity contribution is -0.890. The van der Waals surface area contributed by atoms with Crippen molar-refractivity contribution in [3.8, 4) is 0 Å². The van der Waals surface area contributed by atoms with Crippen LogP contribution in [0.1, 0.15) is 43.1 Å². The van der Waals surface area contributed by atoms with Crippen LogP contribution in [0.5, 0.6) is 0 Å². The molecule has 2 aromatic carbocycles. The minimum absolute atomic E-state index is 0.138. The van der Waals surface area contributed by atoms with Crippen LogP contribution in [-0.2, 0) is 5.54 Å². The lowest BCUT2D eigenvalue weighted by Gasteiger charge is -2.32. The molecule has 5 nitrogen and oxygen atoms in total. The smallest absolute Gasteiger partial charge is 0.318 e. The van der Waals surface area contributed by atoms with Gasteiger partial charge in [0, 0.05) is 12.0 Å². The van der Waals surface area contributed by atoms with Gasteiger partial charge in [0.05, 0.1) is 32.7 Å². The number of nitrogens with one attached hydrogen (secondary N) is 1. The molecule has 0 bridgehead atoms. The average Bonchev–Trinajstić information content (AvgIpc) is 3.49. The molecule has 2 heterocycles. The Morgan fingerprint density at radius 1 is 1.15 bits per heavy atom. The first-order valence-corrected chi connectivity index (χ1v) is 13.2. The number of ketones is 1. The highest BCUT2D eigenvalue weighted by molar-refractivity contribution is 5.97. The third kappa shape index (κ3) is 6.68. The van der Waals surface area contributed by atoms with Gasteiger partial charge in [-0.25, -0.2) is 18.0 Å². The second-order valence-electron chi connectivity index (χ2n) is 10.1. The fourth-order valence-electron chi connectivity index (χ4n) is 5.33. The van der Waals surface area contributed by atoms with Crippen LogP contribution in [0.25, 0.3) is 0 Å². The van der Waals surface area contributed by atoms with Gasteiger partial charge in [-0.05, 0) is 54.5 Å². The number of amides is 2. The number of carbonyl (C=O) groups is 2. The SMILES string of the molecule is C=C/C(F)=C\C=C(/C)C1(c2ccc(F)cc2)CN(C2CC[N+](C)(CC(=O)c3cccc(F)c3)C2)C(=O)N1.CC. The highest BCUT2D eigenvalue weighted by Gasteiger charge is 2.50. The second-order valence-corrected chi connectivity index (χ2v) is 10.1.